The van der Waals surface area contributed by atoms with Gasteiger partial charge < -0.3 is 0 Å². The Balaban J connectivity index is 1.26. The maximum atomic E-state index is 9.48. The first-order valence-electron chi connectivity index (χ1n) is 22.5. The van der Waals surface area contributed by atoms with Crippen molar-refractivity contribution in [2.45, 2.75) is 0 Å². The molecule has 3 heterocycles. The van der Waals surface area contributed by atoms with E-state index in [4.69, 9.17) is 28.7 Å². The van der Waals surface area contributed by atoms with Gasteiger partial charge in [-0.2, -0.15) is 0 Å². The van der Waals surface area contributed by atoms with Gasteiger partial charge >= 0.3 is 0 Å². The first-order valence-corrected chi connectivity index (χ1v) is 17.1. The van der Waals surface area contributed by atoms with Gasteiger partial charge in [0, 0.05) is 57.0 Å². The fraction of sp³-hybridized carbons (Fsp3) is 0. The third kappa shape index (κ3) is 4.98. The Hall–Kier alpha value is -6.01. The van der Waals surface area contributed by atoms with Crippen LogP contribution in [0.3, 0.4) is 0 Å². The Morgan fingerprint density at radius 1 is 0.400 bits per heavy atom. The minimum Gasteiger partial charge on any atom is -0.208 e. The topological polar surface area (TPSA) is 38.7 Å². The molecule has 10 aromatic rings. The van der Waals surface area contributed by atoms with Crippen molar-refractivity contribution in [2.75, 3.05) is 0 Å². The van der Waals surface area contributed by atoms with Crippen molar-refractivity contribution in [2.24, 2.45) is 0 Å². The Labute approximate surface area is 316 Å². The van der Waals surface area contributed by atoms with Gasteiger partial charge in [-0.3, -0.25) is 0 Å². The van der Waals surface area contributed by atoms with Crippen LogP contribution < -0.4 is 0 Å². The summed E-state index contributed by atoms with van der Waals surface area (Å²) in [5.74, 6) is -0.532. The van der Waals surface area contributed by atoms with Crippen molar-refractivity contribution < 1.29 is 19.2 Å². The minimum atomic E-state index is -0.540. The minimum absolute atomic E-state index is 0.00130. The first kappa shape index (κ1) is 18.1. The number of hydrogen-bond acceptors (Lipinski definition) is 5. The van der Waals surface area contributed by atoms with Crippen LogP contribution in [0.25, 0.3) is 96.8 Å². The second-order valence-corrected chi connectivity index (χ2v) is 13.4. The third-order valence-corrected chi connectivity index (χ3v) is 10.4. The maximum absolute atomic E-state index is 9.48. The molecule has 0 N–H and O–H groups in total. The van der Waals surface area contributed by atoms with Crippen molar-refractivity contribution >= 4 is 63.0 Å². The molecule has 0 atom stereocenters. The number of aromatic nitrogens is 3. The Bertz CT molecular complexity index is 3670. The van der Waals surface area contributed by atoms with E-state index in [0.717, 1.165) is 44.9 Å². The van der Waals surface area contributed by atoms with E-state index in [1.807, 2.05) is 60.7 Å². The van der Waals surface area contributed by atoms with E-state index >= 15 is 0 Å². The van der Waals surface area contributed by atoms with Gasteiger partial charge in [0.15, 0.2) is 17.5 Å². The van der Waals surface area contributed by atoms with Crippen LogP contribution in [0.5, 0.6) is 0 Å². The molecule has 0 bridgehead atoms. The summed E-state index contributed by atoms with van der Waals surface area (Å²) in [5, 5.41) is 0.0862. The molecule has 3 aromatic heterocycles. The summed E-state index contributed by atoms with van der Waals surface area (Å²) in [6.45, 7) is 0. The SMILES string of the molecule is [2H]c1c([2H])c([2H])c2c(sc3c([2H])c(-c4nc(-c5ccc(-c6cccc(-c7ccccc7)c6)cc5)nc(-c5c([2H])c([2H])c([2H])c6sc7c([2H])c([2H])c([2H])c([2H])c7c56)n4)c([2H])c([2H])c32)c1[2H]. The highest BCUT2D eigenvalue weighted by Gasteiger charge is 2.18. The van der Waals surface area contributed by atoms with Gasteiger partial charge in [0.2, 0.25) is 0 Å². The van der Waals surface area contributed by atoms with Crippen LogP contribution in [0.15, 0.2) is 163 Å². The van der Waals surface area contributed by atoms with Crippen LogP contribution in [0.2, 0.25) is 0 Å². The van der Waals surface area contributed by atoms with Crippen molar-refractivity contribution in [1.29, 1.82) is 0 Å². The summed E-state index contributed by atoms with van der Waals surface area (Å²) >= 11 is 1.77. The summed E-state index contributed by atoms with van der Waals surface area (Å²) in [4.78, 5) is 14.3. The van der Waals surface area contributed by atoms with Gasteiger partial charge in [0.1, 0.15) is 0 Å². The predicted molar refractivity (Wildman–Crippen MR) is 213 cm³/mol. The molecule has 50 heavy (non-hydrogen) atoms. The van der Waals surface area contributed by atoms with Gasteiger partial charge in [-0.1, -0.05) is 133 Å². The molecule has 0 radical (unpaired) electrons. The largest absolute Gasteiger partial charge is 0.208 e. The fourth-order valence-electron chi connectivity index (χ4n) is 5.99. The molecule has 0 saturated carbocycles. The molecular formula is C45H27N3S2. The quantitative estimate of drug-likeness (QED) is 0.181. The number of nitrogens with zero attached hydrogens (tertiary/aromatic N) is 3. The van der Waals surface area contributed by atoms with E-state index in [-0.39, 0.29) is 93.1 Å². The van der Waals surface area contributed by atoms with Crippen LogP contribution in [-0.2, 0) is 0 Å². The Kier molecular flexibility index (Phi) is 4.29. The summed E-state index contributed by atoms with van der Waals surface area (Å²) < 4.78 is 123. The van der Waals surface area contributed by atoms with Crippen LogP contribution >= 0.6 is 22.7 Å². The molecule has 0 spiro atoms. The predicted octanol–water partition coefficient (Wildman–Crippen LogP) is 12.9. The molecule has 0 saturated heterocycles. The summed E-state index contributed by atoms with van der Waals surface area (Å²) in [6.07, 6.45) is 0. The van der Waals surface area contributed by atoms with Crippen molar-refractivity contribution in [1.82, 2.24) is 15.0 Å². The zero-order chi connectivity index (χ0) is 45.2. The van der Waals surface area contributed by atoms with Crippen molar-refractivity contribution in [3.63, 3.8) is 0 Å². The van der Waals surface area contributed by atoms with E-state index in [9.17, 15) is 5.48 Å². The van der Waals surface area contributed by atoms with E-state index in [1.165, 1.54) is 0 Å². The lowest BCUT2D eigenvalue weighted by Crippen LogP contribution is -2.00. The summed E-state index contributed by atoms with van der Waals surface area (Å²) in [5.41, 5.74) is 3.92. The zero-order valence-corrected chi connectivity index (χ0v) is 27.3. The lowest BCUT2D eigenvalue weighted by molar-refractivity contribution is 1.08. The smallest absolute Gasteiger partial charge is 0.164 e. The van der Waals surface area contributed by atoms with E-state index in [2.05, 4.69) is 6.07 Å². The molecule has 234 valence electrons. The lowest BCUT2D eigenvalue weighted by Gasteiger charge is -2.11. The fourth-order valence-corrected chi connectivity index (χ4v) is 7.93. The van der Waals surface area contributed by atoms with Gasteiger partial charge in [0.05, 0.1) is 19.2 Å². The number of rotatable bonds is 5. The molecule has 10 rings (SSSR count). The molecular weight excluding hydrogens is 647 g/mol. The average Bonchev–Trinajstić information content (AvgIpc) is 3.92. The van der Waals surface area contributed by atoms with Gasteiger partial charge in [-0.05, 0) is 52.5 Å². The van der Waals surface area contributed by atoms with Crippen LogP contribution in [0.4, 0.5) is 0 Å². The second-order valence-electron chi connectivity index (χ2n) is 11.4. The standard InChI is InChI=1S/C45H27N3S2/c1-2-10-28(11-3-1)31-12-8-13-32(26-31)29-20-22-30(23-21-29)43-46-44(33-24-25-35-34-14-4-6-17-38(34)50-41(35)27-33)48-45(47-43)37-16-9-19-40-42(37)36-15-5-7-18-39(36)49-40/h1-27H/i4D,5D,6D,7D,9D,14D,15D,16D,17D,18D,19D,24D,25D,27D. The van der Waals surface area contributed by atoms with Crippen LogP contribution in [-0.4, -0.2) is 15.0 Å². The lowest BCUT2D eigenvalue weighted by atomic mass is 9.98. The molecule has 5 heteroatoms. The molecule has 3 nitrogen and oxygen atoms in total. The number of fused-ring (bicyclic) bond motifs is 6. The third-order valence-electron chi connectivity index (χ3n) is 8.36. The normalized spacial score (nSPS) is 15.5. The van der Waals surface area contributed by atoms with Crippen molar-refractivity contribution in [3.8, 4) is 56.4 Å². The Morgan fingerprint density at radius 3 is 1.78 bits per heavy atom. The number of hydrogen-bond donors (Lipinski definition) is 0. The molecule has 0 fully saturated rings. The highest BCUT2D eigenvalue weighted by molar-refractivity contribution is 7.26. The molecule has 7 aromatic carbocycles. The van der Waals surface area contributed by atoms with Gasteiger partial charge in [-0.15, -0.1) is 22.7 Å². The highest BCUT2D eigenvalue weighted by Crippen LogP contribution is 2.40. The highest BCUT2D eigenvalue weighted by atomic mass is 32.1. The Morgan fingerprint density at radius 2 is 0.980 bits per heavy atom. The monoisotopic (exact) mass is 687 g/mol. The molecule has 0 aliphatic rings. The van der Waals surface area contributed by atoms with Crippen LogP contribution in [0, 0.1) is 0 Å². The first-order chi connectivity index (χ1) is 30.6. The van der Waals surface area contributed by atoms with E-state index in [1.54, 1.807) is 12.1 Å². The zero-order valence-electron chi connectivity index (χ0n) is 39.7. The second kappa shape index (κ2) is 11.8. The van der Waals surface area contributed by atoms with Gasteiger partial charge in [-0.25, -0.2) is 15.0 Å². The van der Waals surface area contributed by atoms with Crippen molar-refractivity contribution in [3.05, 3.63) is 163 Å². The van der Waals surface area contributed by atoms with Gasteiger partial charge in [0.25, 0.3) is 0 Å². The summed E-state index contributed by atoms with van der Waals surface area (Å²) in [6, 6.07) is 19.0. The molecule has 0 unspecified atom stereocenters. The molecule has 0 aliphatic heterocycles. The average molecular weight is 688 g/mol. The van der Waals surface area contributed by atoms with Crippen LogP contribution in [0.1, 0.15) is 19.2 Å². The number of thiophene rings is 2. The summed E-state index contributed by atoms with van der Waals surface area (Å²) in [7, 11) is 0. The maximum Gasteiger partial charge on any atom is 0.164 e. The molecule has 0 amide bonds. The number of benzene rings is 7. The molecule has 0 aliphatic carbocycles. The van der Waals surface area contributed by atoms with E-state index in [0.29, 0.717) is 5.56 Å². The van der Waals surface area contributed by atoms with E-state index < -0.39 is 60.4 Å².